The van der Waals surface area contributed by atoms with E-state index in [1.165, 1.54) is 29.2 Å². The fourth-order valence-electron chi connectivity index (χ4n) is 4.26. The van der Waals surface area contributed by atoms with E-state index in [0.29, 0.717) is 21.6 Å². The van der Waals surface area contributed by atoms with Gasteiger partial charge in [0.15, 0.2) is 5.13 Å². The molecule has 0 fully saturated rings. The quantitative estimate of drug-likeness (QED) is 0.159. The largest absolute Gasteiger partial charge is 0.497 e. The summed E-state index contributed by atoms with van der Waals surface area (Å²) in [5.74, 6) is -0.997. The van der Waals surface area contributed by atoms with Crippen LogP contribution in [-0.2, 0) is 4.79 Å². The Kier molecular flexibility index (Phi) is 8.32. The van der Waals surface area contributed by atoms with Gasteiger partial charge in [-0.05, 0) is 54.8 Å². The van der Waals surface area contributed by atoms with Gasteiger partial charge in [0.25, 0.3) is 5.91 Å². The number of ether oxygens (including phenoxy) is 1. The van der Waals surface area contributed by atoms with Crippen LogP contribution in [0.15, 0.2) is 95.2 Å². The van der Waals surface area contributed by atoms with E-state index in [0.717, 1.165) is 21.9 Å². The Morgan fingerprint density at radius 3 is 2.41 bits per heavy atom. The highest BCUT2D eigenvalue weighted by molar-refractivity contribution is 8.00. The monoisotopic (exact) mass is 583 g/mol. The summed E-state index contributed by atoms with van der Waals surface area (Å²) in [5, 5.41) is 18.4. The number of hydrogen-bond acceptors (Lipinski definition) is 7. The van der Waals surface area contributed by atoms with Crippen molar-refractivity contribution in [2.75, 3.05) is 17.7 Å². The van der Waals surface area contributed by atoms with E-state index < -0.39 is 17.1 Å². The minimum absolute atomic E-state index is 0.0632. The third kappa shape index (κ3) is 6.40. The Balaban J connectivity index is 1.25. The summed E-state index contributed by atoms with van der Waals surface area (Å²) in [6, 6.07) is 24.7. The second-order valence-electron chi connectivity index (χ2n) is 9.02. The summed E-state index contributed by atoms with van der Waals surface area (Å²) in [5.41, 5.74) is 2.50. The lowest BCUT2D eigenvalue weighted by Crippen LogP contribution is -2.22. The van der Waals surface area contributed by atoms with E-state index in [-0.39, 0.29) is 17.0 Å². The number of aromatic carboxylic acids is 1. The second kappa shape index (κ2) is 12.2. The molecule has 0 aliphatic rings. The number of carboxylic acid groups (broad SMARTS) is 1. The van der Waals surface area contributed by atoms with Crippen molar-refractivity contribution in [1.82, 2.24) is 4.98 Å². The van der Waals surface area contributed by atoms with Gasteiger partial charge in [0.05, 0.1) is 23.6 Å². The van der Waals surface area contributed by atoms with Crippen LogP contribution in [0.25, 0.3) is 22.0 Å². The Hall–Kier alpha value is -4.67. The van der Waals surface area contributed by atoms with Gasteiger partial charge < -0.3 is 20.5 Å². The molecular weight excluding hydrogens is 558 g/mol. The number of hydrogen-bond donors (Lipinski definition) is 3. The van der Waals surface area contributed by atoms with Crippen molar-refractivity contribution >= 4 is 62.5 Å². The lowest BCUT2D eigenvalue weighted by Gasteiger charge is -2.13. The van der Waals surface area contributed by atoms with Crippen LogP contribution in [0.4, 0.5) is 10.8 Å². The van der Waals surface area contributed by atoms with Gasteiger partial charge in [-0.3, -0.25) is 9.59 Å². The van der Waals surface area contributed by atoms with Gasteiger partial charge in [-0.15, -0.1) is 23.1 Å². The lowest BCUT2D eigenvalue weighted by atomic mass is 9.98. The predicted octanol–water partition coefficient (Wildman–Crippen LogP) is 7.04. The molecule has 41 heavy (non-hydrogen) atoms. The fourth-order valence-corrected chi connectivity index (χ4v) is 5.91. The summed E-state index contributed by atoms with van der Waals surface area (Å²) in [4.78, 5) is 43.2. The number of anilines is 2. The first-order valence-electron chi connectivity index (χ1n) is 12.6. The molecule has 0 saturated carbocycles. The number of nitrogens with zero attached hydrogens (tertiary/aromatic N) is 1. The number of aromatic nitrogens is 1. The molecule has 1 heterocycles. The molecule has 0 aliphatic carbocycles. The number of carboxylic acids is 1. The maximum atomic E-state index is 13.2. The molecule has 8 nitrogen and oxygen atoms in total. The zero-order chi connectivity index (χ0) is 28.9. The van der Waals surface area contributed by atoms with E-state index >= 15 is 0 Å². The van der Waals surface area contributed by atoms with Crippen LogP contribution >= 0.6 is 23.1 Å². The number of methoxy groups -OCH3 is 1. The van der Waals surface area contributed by atoms with Crippen LogP contribution in [0, 0.1) is 0 Å². The number of rotatable bonds is 9. The Morgan fingerprint density at radius 2 is 1.66 bits per heavy atom. The van der Waals surface area contributed by atoms with E-state index in [1.807, 2.05) is 35.7 Å². The molecule has 206 valence electrons. The minimum atomic E-state index is -1.10. The van der Waals surface area contributed by atoms with Gasteiger partial charge in [-0.2, -0.15) is 0 Å². The van der Waals surface area contributed by atoms with E-state index in [4.69, 9.17) is 4.74 Å². The molecule has 0 bridgehead atoms. The van der Waals surface area contributed by atoms with Crippen LogP contribution in [0.5, 0.6) is 5.75 Å². The highest BCUT2D eigenvalue weighted by Gasteiger charge is 2.19. The molecule has 5 rings (SSSR count). The summed E-state index contributed by atoms with van der Waals surface area (Å²) in [6.07, 6.45) is 0. The minimum Gasteiger partial charge on any atom is -0.497 e. The number of amides is 2. The number of fused-ring (bicyclic) bond motifs is 1. The van der Waals surface area contributed by atoms with Gasteiger partial charge in [-0.1, -0.05) is 42.5 Å². The van der Waals surface area contributed by atoms with Crippen LogP contribution in [0.3, 0.4) is 0 Å². The van der Waals surface area contributed by atoms with Crippen LogP contribution in [0.1, 0.15) is 27.6 Å². The van der Waals surface area contributed by atoms with Crippen LogP contribution < -0.4 is 15.4 Å². The number of carbonyl (C=O) groups is 3. The van der Waals surface area contributed by atoms with E-state index in [9.17, 15) is 19.5 Å². The standard InChI is InChI=1S/C31H25N3O5S2/c1-18(28(35)34-31-33-26(17-40-31)20-9-3-11-22(15-20)39-2)41-23-12-6-10-21(16-23)32-29(36)24-13-4-7-19-8-5-14-25(27(19)24)30(37)38/h3-18H,1-2H3,(H,32,36)(H,37,38)(H,33,34,35). The average Bonchev–Trinajstić information content (AvgIpc) is 3.45. The van der Waals surface area contributed by atoms with Crippen molar-refractivity contribution in [3.8, 4) is 17.0 Å². The fraction of sp³-hybridized carbons (Fsp3) is 0.0968. The SMILES string of the molecule is COc1cccc(-c2csc(NC(=O)C(C)Sc3cccc(NC(=O)c4cccc5cccc(C(=O)O)c45)c3)n2)c1. The Bertz CT molecular complexity index is 1760. The summed E-state index contributed by atoms with van der Waals surface area (Å²) in [7, 11) is 1.61. The first-order chi connectivity index (χ1) is 19.8. The van der Waals surface area contributed by atoms with Crippen molar-refractivity contribution in [2.24, 2.45) is 0 Å². The molecule has 3 N–H and O–H groups in total. The molecule has 0 aliphatic heterocycles. The zero-order valence-corrected chi connectivity index (χ0v) is 23.7. The average molecular weight is 584 g/mol. The lowest BCUT2D eigenvalue weighted by molar-refractivity contribution is -0.115. The summed E-state index contributed by atoms with van der Waals surface area (Å²) < 4.78 is 5.28. The Labute approximate surface area is 244 Å². The zero-order valence-electron chi connectivity index (χ0n) is 22.1. The molecule has 1 aromatic heterocycles. The number of carbonyl (C=O) groups excluding carboxylic acids is 2. The Morgan fingerprint density at radius 1 is 0.927 bits per heavy atom. The van der Waals surface area contributed by atoms with E-state index in [1.54, 1.807) is 62.6 Å². The molecule has 5 aromatic rings. The topological polar surface area (TPSA) is 118 Å². The van der Waals surface area contributed by atoms with Crippen molar-refractivity contribution < 1.29 is 24.2 Å². The molecule has 1 unspecified atom stereocenters. The molecular formula is C31H25N3O5S2. The van der Waals surface area contributed by atoms with Gasteiger partial charge in [-0.25, -0.2) is 9.78 Å². The number of benzene rings is 4. The predicted molar refractivity (Wildman–Crippen MR) is 163 cm³/mol. The second-order valence-corrected chi connectivity index (χ2v) is 11.3. The normalized spacial score (nSPS) is 11.6. The van der Waals surface area contributed by atoms with Gasteiger partial charge >= 0.3 is 5.97 Å². The van der Waals surface area contributed by atoms with Crippen molar-refractivity contribution in [3.63, 3.8) is 0 Å². The molecule has 4 aromatic carbocycles. The van der Waals surface area contributed by atoms with Crippen molar-refractivity contribution in [1.29, 1.82) is 0 Å². The molecule has 0 saturated heterocycles. The number of thioether (sulfide) groups is 1. The van der Waals surface area contributed by atoms with Crippen molar-refractivity contribution in [3.05, 3.63) is 101 Å². The number of nitrogens with one attached hydrogen (secondary N) is 2. The molecule has 2 amide bonds. The van der Waals surface area contributed by atoms with Crippen LogP contribution in [-0.4, -0.2) is 40.2 Å². The first kappa shape index (κ1) is 27.9. The maximum absolute atomic E-state index is 13.2. The smallest absolute Gasteiger partial charge is 0.336 e. The van der Waals surface area contributed by atoms with E-state index in [2.05, 4.69) is 15.6 Å². The molecule has 10 heteroatoms. The van der Waals surface area contributed by atoms with Gasteiger partial charge in [0.1, 0.15) is 5.75 Å². The van der Waals surface area contributed by atoms with Gasteiger partial charge in [0, 0.05) is 32.5 Å². The molecule has 1 atom stereocenters. The van der Waals surface area contributed by atoms with Crippen molar-refractivity contribution in [2.45, 2.75) is 17.1 Å². The van der Waals surface area contributed by atoms with Crippen LogP contribution in [0.2, 0.25) is 0 Å². The molecule has 0 radical (unpaired) electrons. The summed E-state index contributed by atoms with van der Waals surface area (Å²) in [6.45, 7) is 1.80. The third-order valence-electron chi connectivity index (χ3n) is 6.25. The maximum Gasteiger partial charge on any atom is 0.336 e. The first-order valence-corrected chi connectivity index (χ1v) is 14.3. The number of thiazole rings is 1. The third-order valence-corrected chi connectivity index (χ3v) is 8.10. The molecule has 0 spiro atoms. The van der Waals surface area contributed by atoms with Gasteiger partial charge in [0.2, 0.25) is 5.91 Å². The highest BCUT2D eigenvalue weighted by atomic mass is 32.2. The highest BCUT2D eigenvalue weighted by Crippen LogP contribution is 2.30. The summed E-state index contributed by atoms with van der Waals surface area (Å²) >= 11 is 2.69.